The quantitative estimate of drug-likeness (QED) is 0.765. The number of piperazine rings is 1. The van der Waals surface area contributed by atoms with Crippen molar-refractivity contribution >= 4 is 5.91 Å². The molecule has 150 valence electrons. The van der Waals surface area contributed by atoms with Gasteiger partial charge in [-0.25, -0.2) is 0 Å². The minimum Gasteiger partial charge on any atom is -0.339 e. The number of carbonyl (C=O) groups excluding carboxylic acids is 1. The maximum atomic E-state index is 12.3. The van der Waals surface area contributed by atoms with E-state index in [2.05, 4.69) is 40.4 Å². The van der Waals surface area contributed by atoms with Gasteiger partial charge in [0.05, 0.1) is 6.54 Å². The number of amides is 1. The van der Waals surface area contributed by atoms with Gasteiger partial charge in [-0.3, -0.25) is 19.5 Å². The summed E-state index contributed by atoms with van der Waals surface area (Å²) in [6, 6.07) is 0.652. The molecule has 0 aromatic heterocycles. The molecule has 0 saturated carbocycles. The van der Waals surface area contributed by atoms with Crippen molar-refractivity contribution in [3.8, 4) is 0 Å². The minimum atomic E-state index is 0.339. The lowest BCUT2D eigenvalue weighted by molar-refractivity contribution is -0.134. The molecule has 1 amide bonds. The molecule has 4 fully saturated rings. The van der Waals surface area contributed by atoms with Gasteiger partial charge in [-0.05, 0) is 59.0 Å². The molecule has 0 bridgehead atoms. The summed E-state index contributed by atoms with van der Waals surface area (Å²) in [6.45, 7) is 16.4. The molecule has 26 heavy (non-hydrogen) atoms. The third-order valence-electron chi connectivity index (χ3n) is 7.29. The number of carbonyl (C=O) groups is 1. The lowest BCUT2D eigenvalue weighted by Crippen LogP contribution is -2.67. The second-order valence-electron chi connectivity index (χ2n) is 8.99. The van der Waals surface area contributed by atoms with Crippen molar-refractivity contribution in [3.63, 3.8) is 0 Å². The van der Waals surface area contributed by atoms with Gasteiger partial charge in [0.1, 0.15) is 0 Å². The van der Waals surface area contributed by atoms with Gasteiger partial charge in [0.2, 0.25) is 5.91 Å². The average Bonchev–Trinajstić information content (AvgIpc) is 2.68. The summed E-state index contributed by atoms with van der Waals surface area (Å²) in [5, 5.41) is 0. The fraction of sp³-hybridized carbons (Fsp3) is 0.952. The first kappa shape index (κ1) is 20.1. The Kier molecular flexibility index (Phi) is 6.98. The number of piperidine rings is 2. The van der Waals surface area contributed by atoms with E-state index >= 15 is 0 Å². The van der Waals surface area contributed by atoms with Crippen LogP contribution in [0.15, 0.2) is 0 Å². The van der Waals surface area contributed by atoms with E-state index < -0.39 is 0 Å². The first-order valence-electron chi connectivity index (χ1n) is 11.0. The monoisotopic (exact) mass is 364 g/mol. The maximum Gasteiger partial charge on any atom is 0.236 e. The second kappa shape index (κ2) is 9.03. The molecule has 0 aromatic rings. The zero-order chi connectivity index (χ0) is 18.6. The molecule has 5 heteroatoms. The van der Waals surface area contributed by atoms with Crippen molar-refractivity contribution < 1.29 is 4.79 Å². The molecule has 4 rings (SSSR count). The van der Waals surface area contributed by atoms with E-state index in [0.29, 0.717) is 24.0 Å². The van der Waals surface area contributed by atoms with E-state index in [1.54, 1.807) is 0 Å². The third kappa shape index (κ3) is 4.79. The molecule has 0 spiro atoms. The van der Waals surface area contributed by atoms with Crippen LogP contribution in [0.1, 0.15) is 59.3 Å². The van der Waals surface area contributed by atoms with E-state index in [1.165, 1.54) is 51.6 Å². The molecule has 1 atom stereocenters. The van der Waals surface area contributed by atoms with Crippen molar-refractivity contribution in [2.45, 2.75) is 70.9 Å². The fourth-order valence-corrected chi connectivity index (χ4v) is 4.62. The largest absolute Gasteiger partial charge is 0.339 e. The van der Waals surface area contributed by atoms with Crippen LogP contribution in [0.3, 0.4) is 0 Å². The summed E-state index contributed by atoms with van der Waals surface area (Å²) in [6.07, 6.45) is 7.95. The van der Waals surface area contributed by atoms with Crippen LogP contribution >= 0.6 is 0 Å². The number of likely N-dealkylation sites (tertiary alicyclic amines) is 1. The number of hydrogen-bond donors (Lipinski definition) is 0. The lowest BCUT2D eigenvalue weighted by atomic mass is 9.76. The molecule has 4 saturated heterocycles. The number of nitrogens with zero attached hydrogens (tertiary/aromatic N) is 4. The Hall–Kier alpha value is -0.650. The van der Waals surface area contributed by atoms with Crippen LogP contribution in [-0.2, 0) is 4.79 Å². The molecular formula is C21H40N4O. The number of fused-ring (bicyclic) bond motifs is 1. The van der Waals surface area contributed by atoms with E-state index in [4.69, 9.17) is 0 Å². The van der Waals surface area contributed by atoms with Crippen LogP contribution in [0.5, 0.6) is 0 Å². The predicted molar refractivity (Wildman–Crippen MR) is 107 cm³/mol. The Labute approximate surface area is 160 Å². The van der Waals surface area contributed by atoms with Crippen molar-refractivity contribution in [1.29, 1.82) is 0 Å². The maximum absolute atomic E-state index is 12.3. The first-order valence-corrected chi connectivity index (χ1v) is 11.0. The van der Waals surface area contributed by atoms with Crippen LogP contribution in [0.2, 0.25) is 0 Å². The van der Waals surface area contributed by atoms with Crippen molar-refractivity contribution in [2.24, 2.45) is 0 Å². The van der Waals surface area contributed by atoms with Gasteiger partial charge in [-0.1, -0.05) is 13.3 Å². The van der Waals surface area contributed by atoms with Gasteiger partial charge < -0.3 is 4.90 Å². The zero-order valence-corrected chi connectivity index (χ0v) is 17.4. The highest BCUT2D eigenvalue weighted by Gasteiger charge is 2.47. The zero-order valence-electron chi connectivity index (χ0n) is 17.4. The predicted octanol–water partition coefficient (Wildman–Crippen LogP) is 2.27. The number of hydrogen-bond acceptors (Lipinski definition) is 4. The van der Waals surface area contributed by atoms with Crippen molar-refractivity contribution in [2.75, 3.05) is 58.9 Å². The molecule has 0 aromatic carbocycles. The molecule has 5 nitrogen and oxygen atoms in total. The third-order valence-corrected chi connectivity index (χ3v) is 7.29. The molecule has 4 heterocycles. The molecule has 4 aliphatic rings. The Balaban J connectivity index is 0.000000229. The highest BCUT2D eigenvalue weighted by atomic mass is 16.2. The lowest BCUT2D eigenvalue weighted by Gasteiger charge is -2.59. The smallest absolute Gasteiger partial charge is 0.236 e. The van der Waals surface area contributed by atoms with E-state index in [-0.39, 0.29) is 0 Å². The molecule has 4 aliphatic heterocycles. The Morgan fingerprint density at radius 3 is 1.92 bits per heavy atom. The fourth-order valence-electron chi connectivity index (χ4n) is 4.62. The summed E-state index contributed by atoms with van der Waals surface area (Å²) in [5.74, 6) is 0.339. The summed E-state index contributed by atoms with van der Waals surface area (Å²) in [7, 11) is 0. The Morgan fingerprint density at radius 1 is 0.923 bits per heavy atom. The van der Waals surface area contributed by atoms with Gasteiger partial charge in [-0.15, -0.1) is 0 Å². The molecular weight excluding hydrogens is 324 g/mol. The highest BCUT2D eigenvalue weighted by Crippen LogP contribution is 2.41. The van der Waals surface area contributed by atoms with E-state index in [0.717, 1.165) is 39.3 Å². The van der Waals surface area contributed by atoms with Crippen molar-refractivity contribution in [1.82, 2.24) is 19.6 Å². The second-order valence-corrected chi connectivity index (χ2v) is 8.99. The summed E-state index contributed by atoms with van der Waals surface area (Å²) < 4.78 is 0. The highest BCUT2D eigenvalue weighted by molar-refractivity contribution is 5.78. The van der Waals surface area contributed by atoms with E-state index in [9.17, 15) is 4.79 Å². The van der Waals surface area contributed by atoms with Crippen LogP contribution in [0.4, 0.5) is 0 Å². The van der Waals surface area contributed by atoms with Gasteiger partial charge in [0.15, 0.2) is 0 Å². The first-order chi connectivity index (χ1) is 12.5. The standard InChI is InChI=1S/C15H29N3O.C6H11N/c1-3-14(2)17-9-11-18(12-10-17)15(19)13-16-7-5-4-6-8-16;1-6-2-4-7(6)5-3-6/h14H,3-13H2,1-2H3;2-5H2,1H3. The van der Waals surface area contributed by atoms with E-state index in [1.807, 2.05) is 0 Å². The van der Waals surface area contributed by atoms with Gasteiger partial charge in [0, 0.05) is 50.8 Å². The molecule has 0 aliphatic carbocycles. The van der Waals surface area contributed by atoms with Crippen LogP contribution in [0.25, 0.3) is 0 Å². The molecule has 0 radical (unpaired) electrons. The number of rotatable bonds is 4. The summed E-state index contributed by atoms with van der Waals surface area (Å²) in [5.41, 5.74) is 0.694. The topological polar surface area (TPSA) is 30.0 Å². The summed E-state index contributed by atoms with van der Waals surface area (Å²) >= 11 is 0. The average molecular weight is 365 g/mol. The van der Waals surface area contributed by atoms with Gasteiger partial charge >= 0.3 is 0 Å². The summed E-state index contributed by atoms with van der Waals surface area (Å²) in [4.78, 5) is 21.7. The normalized spacial score (nSPS) is 27.4. The van der Waals surface area contributed by atoms with Crippen LogP contribution in [-0.4, -0.2) is 96.0 Å². The Morgan fingerprint density at radius 2 is 1.50 bits per heavy atom. The minimum absolute atomic E-state index is 0.339. The van der Waals surface area contributed by atoms with Gasteiger partial charge in [0.25, 0.3) is 0 Å². The molecule has 1 unspecified atom stereocenters. The van der Waals surface area contributed by atoms with Gasteiger partial charge in [-0.2, -0.15) is 0 Å². The Bertz CT molecular complexity index is 447. The SMILES string of the molecule is CC12CCN1CC2.CCC(C)N1CCN(C(=O)CN2CCCCC2)CC1. The van der Waals surface area contributed by atoms with Crippen molar-refractivity contribution in [3.05, 3.63) is 0 Å². The van der Waals surface area contributed by atoms with Crippen LogP contribution in [0, 0.1) is 0 Å². The van der Waals surface area contributed by atoms with Crippen LogP contribution < -0.4 is 0 Å². The molecule has 0 N–H and O–H groups in total.